The highest BCUT2D eigenvalue weighted by atomic mass is 16.5. The third kappa shape index (κ3) is 5.38. The van der Waals surface area contributed by atoms with Crippen LogP contribution in [0.3, 0.4) is 0 Å². The lowest BCUT2D eigenvalue weighted by Crippen LogP contribution is -2.27. The minimum atomic E-state index is -0.401. The SMILES string of the molecule is CC(=O)Nc1ccc(OCc2noc(C(=O)NCC(C)C)n2)cc1. The monoisotopic (exact) mass is 332 g/mol. The maximum absolute atomic E-state index is 11.8. The van der Waals surface area contributed by atoms with Crippen LogP contribution in [0.25, 0.3) is 0 Å². The summed E-state index contributed by atoms with van der Waals surface area (Å²) in [6.45, 7) is 6.03. The molecule has 0 aliphatic carbocycles. The lowest BCUT2D eigenvalue weighted by molar-refractivity contribution is -0.114. The van der Waals surface area contributed by atoms with Crippen LogP contribution < -0.4 is 15.4 Å². The summed E-state index contributed by atoms with van der Waals surface area (Å²) in [7, 11) is 0. The third-order valence-corrected chi connectivity index (χ3v) is 2.88. The van der Waals surface area contributed by atoms with Gasteiger partial charge in [0, 0.05) is 19.2 Å². The van der Waals surface area contributed by atoms with E-state index in [0.717, 1.165) is 0 Å². The smallest absolute Gasteiger partial charge is 0.316 e. The van der Waals surface area contributed by atoms with Crippen LogP contribution in [-0.2, 0) is 11.4 Å². The van der Waals surface area contributed by atoms with E-state index in [2.05, 4.69) is 20.8 Å². The Morgan fingerprint density at radius 2 is 1.96 bits per heavy atom. The molecule has 0 fully saturated rings. The van der Waals surface area contributed by atoms with Crippen molar-refractivity contribution >= 4 is 17.5 Å². The number of hydrogen-bond acceptors (Lipinski definition) is 6. The van der Waals surface area contributed by atoms with Gasteiger partial charge in [-0.15, -0.1) is 0 Å². The second-order valence-electron chi connectivity index (χ2n) is 5.61. The predicted octanol–water partition coefficient (Wildman–Crippen LogP) is 1.99. The van der Waals surface area contributed by atoms with Crippen LogP contribution in [-0.4, -0.2) is 28.5 Å². The van der Waals surface area contributed by atoms with Gasteiger partial charge in [-0.25, -0.2) is 0 Å². The van der Waals surface area contributed by atoms with Crippen molar-refractivity contribution in [1.29, 1.82) is 0 Å². The minimum Gasteiger partial charge on any atom is -0.485 e. The van der Waals surface area contributed by atoms with Crippen molar-refractivity contribution in [1.82, 2.24) is 15.5 Å². The molecule has 1 aromatic carbocycles. The zero-order valence-electron chi connectivity index (χ0n) is 13.8. The van der Waals surface area contributed by atoms with Crippen molar-refractivity contribution < 1.29 is 18.8 Å². The van der Waals surface area contributed by atoms with E-state index in [0.29, 0.717) is 23.9 Å². The lowest BCUT2D eigenvalue weighted by atomic mass is 10.2. The van der Waals surface area contributed by atoms with Crippen molar-refractivity contribution in [3.63, 3.8) is 0 Å². The van der Waals surface area contributed by atoms with Gasteiger partial charge in [0.1, 0.15) is 5.75 Å². The standard InChI is InChI=1S/C16H20N4O4/c1-10(2)8-17-15(22)16-19-14(20-24-16)9-23-13-6-4-12(5-7-13)18-11(3)21/h4-7,10H,8-9H2,1-3H3,(H,17,22)(H,18,21). The molecule has 0 spiro atoms. The van der Waals surface area contributed by atoms with Gasteiger partial charge in [-0.2, -0.15) is 4.98 Å². The molecule has 1 aromatic heterocycles. The summed E-state index contributed by atoms with van der Waals surface area (Å²) in [4.78, 5) is 26.7. The summed E-state index contributed by atoms with van der Waals surface area (Å²) in [6.07, 6.45) is 0. The fourth-order valence-electron chi connectivity index (χ4n) is 1.76. The summed E-state index contributed by atoms with van der Waals surface area (Å²) >= 11 is 0. The lowest BCUT2D eigenvalue weighted by Gasteiger charge is -2.05. The number of carbonyl (C=O) groups excluding carboxylic acids is 2. The van der Waals surface area contributed by atoms with E-state index in [4.69, 9.17) is 9.26 Å². The Morgan fingerprint density at radius 1 is 1.25 bits per heavy atom. The predicted molar refractivity (Wildman–Crippen MR) is 86.5 cm³/mol. The fourth-order valence-corrected chi connectivity index (χ4v) is 1.76. The molecule has 0 saturated heterocycles. The summed E-state index contributed by atoms with van der Waals surface area (Å²) in [6, 6.07) is 6.86. The number of amides is 2. The second kappa shape index (κ2) is 8.09. The molecule has 2 aromatic rings. The molecular weight excluding hydrogens is 312 g/mol. The first kappa shape index (κ1) is 17.5. The zero-order valence-corrected chi connectivity index (χ0v) is 13.8. The molecule has 128 valence electrons. The van der Waals surface area contributed by atoms with E-state index in [9.17, 15) is 9.59 Å². The first-order valence-corrected chi connectivity index (χ1v) is 7.55. The summed E-state index contributed by atoms with van der Waals surface area (Å²) < 4.78 is 10.4. The van der Waals surface area contributed by atoms with E-state index in [1.54, 1.807) is 24.3 Å². The molecule has 0 aliphatic heterocycles. The number of nitrogens with zero attached hydrogens (tertiary/aromatic N) is 2. The fraction of sp³-hybridized carbons (Fsp3) is 0.375. The van der Waals surface area contributed by atoms with Crippen LogP contribution in [0, 0.1) is 5.92 Å². The number of ether oxygens (including phenoxy) is 1. The molecule has 8 nitrogen and oxygen atoms in total. The van der Waals surface area contributed by atoms with E-state index in [1.165, 1.54) is 6.92 Å². The van der Waals surface area contributed by atoms with Crippen molar-refractivity contribution in [2.45, 2.75) is 27.4 Å². The van der Waals surface area contributed by atoms with Gasteiger partial charge >= 0.3 is 11.8 Å². The molecular formula is C16H20N4O4. The normalized spacial score (nSPS) is 10.5. The quantitative estimate of drug-likeness (QED) is 0.803. The van der Waals surface area contributed by atoms with Crippen molar-refractivity contribution in [3.05, 3.63) is 36.0 Å². The Bertz CT molecular complexity index is 694. The van der Waals surface area contributed by atoms with E-state index >= 15 is 0 Å². The summed E-state index contributed by atoms with van der Waals surface area (Å²) in [5, 5.41) is 9.07. The van der Waals surface area contributed by atoms with Gasteiger partial charge in [0.05, 0.1) is 0 Å². The molecule has 0 unspecified atom stereocenters. The number of nitrogens with one attached hydrogen (secondary N) is 2. The topological polar surface area (TPSA) is 106 Å². The Labute approximate surface area is 139 Å². The number of carbonyl (C=O) groups is 2. The summed E-state index contributed by atoms with van der Waals surface area (Å²) in [5.74, 6) is 0.562. The largest absolute Gasteiger partial charge is 0.485 e. The number of rotatable bonds is 7. The molecule has 0 aliphatic rings. The third-order valence-electron chi connectivity index (χ3n) is 2.88. The van der Waals surface area contributed by atoms with Gasteiger partial charge in [-0.1, -0.05) is 19.0 Å². The first-order valence-electron chi connectivity index (χ1n) is 7.55. The van der Waals surface area contributed by atoms with Crippen LogP contribution in [0.4, 0.5) is 5.69 Å². The van der Waals surface area contributed by atoms with Gasteiger partial charge in [0.15, 0.2) is 6.61 Å². The molecule has 2 N–H and O–H groups in total. The van der Waals surface area contributed by atoms with E-state index < -0.39 is 5.91 Å². The second-order valence-corrected chi connectivity index (χ2v) is 5.61. The highest BCUT2D eigenvalue weighted by Crippen LogP contribution is 2.16. The molecule has 0 bridgehead atoms. The Balaban J connectivity index is 1.86. The molecule has 0 atom stereocenters. The van der Waals surface area contributed by atoms with E-state index in [-0.39, 0.29) is 24.2 Å². The van der Waals surface area contributed by atoms with Gasteiger partial charge in [0.25, 0.3) is 0 Å². The number of benzene rings is 1. The van der Waals surface area contributed by atoms with Crippen LogP contribution in [0.2, 0.25) is 0 Å². The van der Waals surface area contributed by atoms with Gasteiger partial charge < -0.3 is 19.9 Å². The summed E-state index contributed by atoms with van der Waals surface area (Å²) in [5.41, 5.74) is 0.679. The zero-order chi connectivity index (χ0) is 17.5. The molecule has 1 heterocycles. The number of aromatic nitrogens is 2. The van der Waals surface area contributed by atoms with E-state index in [1.807, 2.05) is 13.8 Å². The average molecular weight is 332 g/mol. The van der Waals surface area contributed by atoms with Gasteiger partial charge in [0.2, 0.25) is 11.7 Å². The number of anilines is 1. The van der Waals surface area contributed by atoms with Crippen LogP contribution in [0.15, 0.2) is 28.8 Å². The Morgan fingerprint density at radius 3 is 2.58 bits per heavy atom. The molecule has 2 rings (SSSR count). The van der Waals surface area contributed by atoms with Gasteiger partial charge in [-0.05, 0) is 30.2 Å². The first-order chi connectivity index (χ1) is 11.4. The van der Waals surface area contributed by atoms with Gasteiger partial charge in [-0.3, -0.25) is 9.59 Å². The van der Waals surface area contributed by atoms with Crippen molar-refractivity contribution in [2.75, 3.05) is 11.9 Å². The average Bonchev–Trinajstić information content (AvgIpc) is 3.00. The molecule has 24 heavy (non-hydrogen) atoms. The van der Waals surface area contributed by atoms with Crippen molar-refractivity contribution in [2.24, 2.45) is 5.92 Å². The number of hydrogen-bond donors (Lipinski definition) is 2. The highest BCUT2D eigenvalue weighted by Gasteiger charge is 2.15. The molecule has 8 heteroatoms. The van der Waals surface area contributed by atoms with Crippen LogP contribution >= 0.6 is 0 Å². The highest BCUT2D eigenvalue weighted by molar-refractivity contribution is 5.89. The minimum absolute atomic E-state index is 0.0699. The van der Waals surface area contributed by atoms with Crippen molar-refractivity contribution in [3.8, 4) is 5.75 Å². The molecule has 0 saturated carbocycles. The van der Waals surface area contributed by atoms with Crippen LogP contribution in [0.5, 0.6) is 5.75 Å². The maximum atomic E-state index is 11.8. The Kier molecular flexibility index (Phi) is 5.89. The molecule has 0 radical (unpaired) electrons. The Hall–Kier alpha value is -2.90. The maximum Gasteiger partial charge on any atom is 0.316 e. The van der Waals surface area contributed by atoms with Crippen LogP contribution in [0.1, 0.15) is 37.3 Å². The molecule has 2 amide bonds.